The second-order valence-corrected chi connectivity index (χ2v) is 13.8. The second-order valence-electron chi connectivity index (χ2n) is 13.8. The van der Waals surface area contributed by atoms with Crippen LogP contribution in [0.25, 0.3) is 0 Å². The van der Waals surface area contributed by atoms with Gasteiger partial charge in [-0.2, -0.15) is 0 Å². The van der Waals surface area contributed by atoms with Crippen LogP contribution in [0.15, 0.2) is 91.0 Å². The molecule has 5 atom stereocenters. The van der Waals surface area contributed by atoms with E-state index in [9.17, 15) is 14.4 Å². The number of carbonyl (C=O) groups is 3. The summed E-state index contributed by atoms with van der Waals surface area (Å²) in [5, 5.41) is 5.51. The third-order valence-electron chi connectivity index (χ3n) is 8.27. The summed E-state index contributed by atoms with van der Waals surface area (Å²) in [5.41, 5.74) is 8.37. The summed E-state index contributed by atoms with van der Waals surface area (Å²) in [7, 11) is 0. The van der Waals surface area contributed by atoms with Crippen LogP contribution in [0, 0.1) is 5.92 Å². The molecule has 3 aromatic carbocycles. The first kappa shape index (κ1) is 39.5. The van der Waals surface area contributed by atoms with Crippen LogP contribution >= 0.6 is 0 Å². The largest absolute Gasteiger partial charge is 0.444 e. The molecular formula is C40H53N3O8. The fourth-order valence-corrected chi connectivity index (χ4v) is 5.85. The second kappa shape index (κ2) is 20.5. The smallest absolute Gasteiger partial charge is 0.407 e. The van der Waals surface area contributed by atoms with Gasteiger partial charge in [0.25, 0.3) is 0 Å². The molecule has 5 unspecified atom stereocenters. The number of alkyl carbamates (subject to hydrolysis) is 1. The SMILES string of the molecule is CC(C)(C)OC(=O)NCCCCNC(=O)CC(OC1CC(Cc2ccccc2)C(OCc2ccccc2)C(COCc2ccccc2)O1)C(N)=O. The number of benzene rings is 3. The number of hydrogen-bond acceptors (Lipinski definition) is 8. The Morgan fingerprint density at radius 1 is 0.824 bits per heavy atom. The molecule has 4 rings (SSSR count). The summed E-state index contributed by atoms with van der Waals surface area (Å²) < 4.78 is 30.6. The molecule has 1 saturated heterocycles. The van der Waals surface area contributed by atoms with E-state index in [1.807, 2.05) is 78.9 Å². The maximum atomic E-state index is 12.8. The van der Waals surface area contributed by atoms with E-state index in [-0.39, 0.29) is 31.0 Å². The van der Waals surface area contributed by atoms with E-state index in [0.29, 0.717) is 52.0 Å². The lowest BCUT2D eigenvalue weighted by molar-refractivity contribution is -0.269. The van der Waals surface area contributed by atoms with Crippen molar-refractivity contribution in [3.63, 3.8) is 0 Å². The zero-order valence-corrected chi connectivity index (χ0v) is 30.0. The molecule has 4 N–H and O–H groups in total. The molecule has 0 aliphatic carbocycles. The Labute approximate surface area is 301 Å². The highest BCUT2D eigenvalue weighted by Crippen LogP contribution is 2.33. The monoisotopic (exact) mass is 703 g/mol. The summed E-state index contributed by atoms with van der Waals surface area (Å²) in [6, 6.07) is 30.0. The quantitative estimate of drug-likeness (QED) is 0.140. The van der Waals surface area contributed by atoms with Crippen molar-refractivity contribution >= 4 is 17.9 Å². The van der Waals surface area contributed by atoms with E-state index >= 15 is 0 Å². The summed E-state index contributed by atoms with van der Waals surface area (Å²) in [6.07, 6.45) is -1.29. The molecule has 276 valence electrons. The number of amides is 3. The molecular weight excluding hydrogens is 650 g/mol. The Kier molecular flexibility index (Phi) is 15.9. The van der Waals surface area contributed by atoms with Gasteiger partial charge >= 0.3 is 6.09 Å². The Hall–Kier alpha value is -4.29. The molecule has 51 heavy (non-hydrogen) atoms. The number of unbranched alkanes of at least 4 members (excludes halogenated alkanes) is 1. The lowest BCUT2D eigenvalue weighted by Crippen LogP contribution is -2.51. The molecule has 0 aromatic heterocycles. The molecule has 1 aliphatic rings. The van der Waals surface area contributed by atoms with Gasteiger partial charge in [-0.25, -0.2) is 4.79 Å². The zero-order valence-electron chi connectivity index (χ0n) is 30.0. The van der Waals surface area contributed by atoms with E-state index in [4.69, 9.17) is 29.4 Å². The van der Waals surface area contributed by atoms with Crippen molar-refractivity contribution in [3.8, 4) is 0 Å². The molecule has 0 radical (unpaired) electrons. The van der Waals surface area contributed by atoms with Gasteiger partial charge in [0.15, 0.2) is 6.29 Å². The Bertz CT molecular complexity index is 1470. The molecule has 0 spiro atoms. The van der Waals surface area contributed by atoms with E-state index in [2.05, 4.69) is 22.8 Å². The average Bonchev–Trinajstić information content (AvgIpc) is 3.09. The van der Waals surface area contributed by atoms with Crippen molar-refractivity contribution in [2.24, 2.45) is 11.7 Å². The minimum Gasteiger partial charge on any atom is -0.444 e. The zero-order chi connectivity index (χ0) is 36.5. The lowest BCUT2D eigenvalue weighted by Gasteiger charge is -2.42. The number of hydrogen-bond donors (Lipinski definition) is 3. The van der Waals surface area contributed by atoms with E-state index in [0.717, 1.165) is 16.7 Å². The summed E-state index contributed by atoms with van der Waals surface area (Å²) in [6.45, 7) is 7.18. The van der Waals surface area contributed by atoms with Gasteiger partial charge in [-0.1, -0.05) is 91.0 Å². The van der Waals surface area contributed by atoms with Gasteiger partial charge < -0.3 is 40.1 Å². The molecule has 11 nitrogen and oxygen atoms in total. The molecule has 11 heteroatoms. The van der Waals surface area contributed by atoms with E-state index in [1.165, 1.54) is 0 Å². The third kappa shape index (κ3) is 14.8. The van der Waals surface area contributed by atoms with Crippen LogP contribution in [0.3, 0.4) is 0 Å². The fourth-order valence-electron chi connectivity index (χ4n) is 5.85. The van der Waals surface area contributed by atoms with Gasteiger partial charge in [0.2, 0.25) is 11.8 Å². The van der Waals surface area contributed by atoms with Gasteiger partial charge in [-0.05, 0) is 62.6 Å². The topological polar surface area (TPSA) is 147 Å². The normalized spacial score (nSPS) is 19.5. The van der Waals surface area contributed by atoms with Crippen LogP contribution in [0.1, 0.15) is 63.1 Å². The van der Waals surface area contributed by atoms with Crippen molar-refractivity contribution in [1.29, 1.82) is 0 Å². The number of primary amides is 1. The van der Waals surface area contributed by atoms with Crippen molar-refractivity contribution < 1.29 is 38.1 Å². The molecule has 1 fully saturated rings. The average molecular weight is 704 g/mol. The van der Waals surface area contributed by atoms with Crippen molar-refractivity contribution in [3.05, 3.63) is 108 Å². The maximum Gasteiger partial charge on any atom is 0.407 e. The summed E-state index contributed by atoms with van der Waals surface area (Å²) in [4.78, 5) is 37.2. The first-order chi connectivity index (χ1) is 24.6. The molecule has 3 aromatic rings. The van der Waals surface area contributed by atoms with Crippen LogP contribution in [0.2, 0.25) is 0 Å². The van der Waals surface area contributed by atoms with Crippen LogP contribution in [-0.2, 0) is 52.9 Å². The highest BCUT2D eigenvalue weighted by molar-refractivity contribution is 5.86. The van der Waals surface area contributed by atoms with Crippen LogP contribution in [-0.4, -0.2) is 67.8 Å². The van der Waals surface area contributed by atoms with Crippen molar-refractivity contribution in [2.75, 3.05) is 19.7 Å². The molecule has 0 saturated carbocycles. The highest BCUT2D eigenvalue weighted by Gasteiger charge is 2.41. The Morgan fingerprint density at radius 2 is 1.39 bits per heavy atom. The molecule has 3 amide bonds. The number of ether oxygens (including phenoxy) is 5. The Morgan fingerprint density at radius 3 is 1.98 bits per heavy atom. The molecule has 1 heterocycles. The number of carbonyl (C=O) groups excluding carboxylic acids is 3. The Balaban J connectivity index is 1.39. The maximum absolute atomic E-state index is 12.8. The fraction of sp³-hybridized carbons (Fsp3) is 0.475. The lowest BCUT2D eigenvalue weighted by atomic mass is 9.85. The summed E-state index contributed by atoms with van der Waals surface area (Å²) >= 11 is 0. The van der Waals surface area contributed by atoms with Gasteiger partial charge in [0.05, 0.1) is 32.3 Å². The standard InChI is InChI=1S/C40H53N3O8/c1-40(2,3)51-39(46)43-22-14-13-21-42-35(44)25-33(38(41)45)49-36-24-32(23-29-15-7-4-8-16-29)37(48-27-31-19-11-6-12-20-31)34(50-36)28-47-26-30-17-9-5-10-18-30/h4-12,15-20,32-34,36-37H,13-14,21-28H2,1-3H3,(H2,41,45)(H,42,44)(H,43,46). The summed E-state index contributed by atoms with van der Waals surface area (Å²) in [5.74, 6) is -1.19. The number of rotatable bonds is 19. The first-order valence-corrected chi connectivity index (χ1v) is 17.7. The van der Waals surface area contributed by atoms with Crippen LogP contribution in [0.5, 0.6) is 0 Å². The minimum atomic E-state index is -1.20. The van der Waals surface area contributed by atoms with Gasteiger partial charge in [-0.15, -0.1) is 0 Å². The van der Waals surface area contributed by atoms with Crippen LogP contribution in [0.4, 0.5) is 4.79 Å². The predicted octanol–water partition coefficient (Wildman–Crippen LogP) is 5.44. The molecule has 0 bridgehead atoms. The van der Waals surface area contributed by atoms with E-state index < -0.39 is 36.1 Å². The highest BCUT2D eigenvalue weighted by atomic mass is 16.7. The van der Waals surface area contributed by atoms with Crippen LogP contribution < -0.4 is 16.4 Å². The van der Waals surface area contributed by atoms with Gasteiger partial charge in [0, 0.05) is 19.5 Å². The third-order valence-corrected chi connectivity index (χ3v) is 8.27. The molecule has 1 aliphatic heterocycles. The van der Waals surface area contributed by atoms with Gasteiger partial charge in [0.1, 0.15) is 17.8 Å². The minimum absolute atomic E-state index is 0.0585. The van der Waals surface area contributed by atoms with Crippen molar-refractivity contribution in [2.45, 2.75) is 96.3 Å². The van der Waals surface area contributed by atoms with E-state index in [1.54, 1.807) is 20.8 Å². The first-order valence-electron chi connectivity index (χ1n) is 17.7. The number of nitrogens with two attached hydrogens (primary N) is 1. The van der Waals surface area contributed by atoms with Gasteiger partial charge in [-0.3, -0.25) is 9.59 Å². The number of nitrogens with one attached hydrogen (secondary N) is 2. The van der Waals surface area contributed by atoms with Crippen molar-refractivity contribution in [1.82, 2.24) is 10.6 Å². The predicted molar refractivity (Wildman–Crippen MR) is 193 cm³/mol.